The number of rotatable bonds is 4. The first-order chi connectivity index (χ1) is 11.9. The minimum absolute atomic E-state index is 0.0720. The number of amides is 1. The fourth-order valence-electron chi connectivity index (χ4n) is 3.41. The molecule has 0 saturated carbocycles. The number of aromatic nitrogens is 1. The number of thiazole rings is 1. The SMILES string of the molecule is COc1ccc(-c2nc(C(=O)N3CCCC3CC(C)(C)C)cs2)cc1. The number of methoxy groups -OCH3 is 1. The van der Waals surface area contributed by atoms with Crippen LogP contribution in [0.4, 0.5) is 0 Å². The zero-order chi connectivity index (χ0) is 18.0. The standard InChI is InChI=1S/C20H26N2O2S/c1-20(2,3)12-15-6-5-11-22(15)19(23)17-13-25-18(21-17)14-7-9-16(24-4)10-8-14/h7-10,13,15H,5-6,11-12H2,1-4H3. The molecule has 1 aliphatic heterocycles. The molecule has 1 fully saturated rings. The molecule has 1 atom stereocenters. The van der Waals surface area contributed by atoms with Crippen molar-refractivity contribution in [2.24, 2.45) is 5.41 Å². The largest absolute Gasteiger partial charge is 0.497 e. The Morgan fingerprint density at radius 3 is 2.68 bits per heavy atom. The van der Waals surface area contributed by atoms with E-state index in [-0.39, 0.29) is 11.3 Å². The minimum atomic E-state index is 0.0720. The number of carbonyl (C=O) groups is 1. The molecule has 2 heterocycles. The lowest BCUT2D eigenvalue weighted by Crippen LogP contribution is -2.37. The second-order valence-corrected chi connectivity index (χ2v) is 8.68. The monoisotopic (exact) mass is 358 g/mol. The average molecular weight is 359 g/mol. The molecule has 1 saturated heterocycles. The maximum absolute atomic E-state index is 12.9. The van der Waals surface area contributed by atoms with Crippen molar-refractivity contribution in [3.8, 4) is 16.3 Å². The molecule has 5 heteroatoms. The minimum Gasteiger partial charge on any atom is -0.497 e. The molecule has 134 valence electrons. The average Bonchev–Trinajstić information content (AvgIpc) is 3.22. The molecule has 1 unspecified atom stereocenters. The smallest absolute Gasteiger partial charge is 0.273 e. The molecule has 0 spiro atoms. The fraction of sp³-hybridized carbons (Fsp3) is 0.500. The van der Waals surface area contributed by atoms with Crippen molar-refractivity contribution in [1.29, 1.82) is 0 Å². The Morgan fingerprint density at radius 1 is 1.32 bits per heavy atom. The summed E-state index contributed by atoms with van der Waals surface area (Å²) in [4.78, 5) is 19.6. The van der Waals surface area contributed by atoms with Crippen molar-refractivity contribution in [2.75, 3.05) is 13.7 Å². The summed E-state index contributed by atoms with van der Waals surface area (Å²) in [7, 11) is 1.65. The van der Waals surface area contributed by atoms with Gasteiger partial charge in [0.15, 0.2) is 0 Å². The van der Waals surface area contributed by atoms with E-state index in [2.05, 4.69) is 25.8 Å². The highest BCUT2D eigenvalue weighted by atomic mass is 32.1. The van der Waals surface area contributed by atoms with Crippen molar-refractivity contribution in [3.05, 3.63) is 35.3 Å². The molecule has 1 aromatic carbocycles. The van der Waals surface area contributed by atoms with E-state index in [1.54, 1.807) is 7.11 Å². The number of nitrogens with zero attached hydrogens (tertiary/aromatic N) is 2. The molecule has 3 rings (SSSR count). The molecular formula is C20H26N2O2S. The van der Waals surface area contributed by atoms with Crippen LogP contribution < -0.4 is 4.74 Å². The highest BCUT2D eigenvalue weighted by Crippen LogP contribution is 2.32. The lowest BCUT2D eigenvalue weighted by Gasteiger charge is -2.30. The van der Waals surface area contributed by atoms with E-state index < -0.39 is 0 Å². The first-order valence-corrected chi connectivity index (χ1v) is 9.66. The fourth-order valence-corrected chi connectivity index (χ4v) is 4.21. The van der Waals surface area contributed by atoms with Crippen molar-refractivity contribution in [2.45, 2.75) is 46.1 Å². The van der Waals surface area contributed by atoms with E-state index in [1.807, 2.05) is 34.5 Å². The molecule has 0 N–H and O–H groups in total. The molecule has 2 aromatic rings. The number of carbonyl (C=O) groups excluding carboxylic acids is 1. The summed E-state index contributed by atoms with van der Waals surface area (Å²) in [6.45, 7) is 7.55. The van der Waals surface area contributed by atoms with Gasteiger partial charge >= 0.3 is 0 Å². The summed E-state index contributed by atoms with van der Waals surface area (Å²) >= 11 is 1.52. The van der Waals surface area contributed by atoms with Crippen LogP contribution in [0.3, 0.4) is 0 Å². The first-order valence-electron chi connectivity index (χ1n) is 8.78. The van der Waals surface area contributed by atoms with E-state index in [9.17, 15) is 4.79 Å². The Labute approximate surface area is 153 Å². The van der Waals surface area contributed by atoms with Gasteiger partial charge in [-0.15, -0.1) is 11.3 Å². The van der Waals surface area contributed by atoms with Crippen molar-refractivity contribution < 1.29 is 9.53 Å². The Balaban J connectivity index is 1.75. The maximum Gasteiger partial charge on any atom is 0.273 e. The second kappa shape index (κ2) is 7.16. The van der Waals surface area contributed by atoms with Crippen LogP contribution in [-0.2, 0) is 0 Å². The van der Waals surface area contributed by atoms with E-state index in [0.29, 0.717) is 11.7 Å². The van der Waals surface area contributed by atoms with Crippen LogP contribution in [-0.4, -0.2) is 35.5 Å². The second-order valence-electron chi connectivity index (χ2n) is 7.83. The molecule has 1 aliphatic rings. The zero-order valence-electron chi connectivity index (χ0n) is 15.4. The Kier molecular flexibility index (Phi) is 5.13. The molecule has 0 bridgehead atoms. The molecule has 25 heavy (non-hydrogen) atoms. The molecular weight excluding hydrogens is 332 g/mol. The van der Waals surface area contributed by atoms with Gasteiger partial charge in [0, 0.05) is 23.5 Å². The van der Waals surface area contributed by atoms with Crippen LogP contribution >= 0.6 is 11.3 Å². The normalized spacial score (nSPS) is 17.8. The molecule has 1 amide bonds. The van der Waals surface area contributed by atoms with E-state index in [4.69, 9.17) is 4.74 Å². The third-order valence-electron chi connectivity index (χ3n) is 4.55. The van der Waals surface area contributed by atoms with Crippen LogP contribution in [0.5, 0.6) is 5.75 Å². The lowest BCUT2D eigenvalue weighted by atomic mass is 9.87. The van der Waals surface area contributed by atoms with Crippen LogP contribution in [0.1, 0.15) is 50.5 Å². The summed E-state index contributed by atoms with van der Waals surface area (Å²) in [6, 6.07) is 8.11. The van der Waals surface area contributed by atoms with Crippen molar-refractivity contribution in [1.82, 2.24) is 9.88 Å². The summed E-state index contributed by atoms with van der Waals surface area (Å²) in [5.41, 5.74) is 1.80. The number of hydrogen-bond acceptors (Lipinski definition) is 4. The van der Waals surface area contributed by atoms with E-state index in [1.165, 1.54) is 11.3 Å². The van der Waals surface area contributed by atoms with Crippen LogP contribution in [0.25, 0.3) is 10.6 Å². The van der Waals surface area contributed by atoms with Gasteiger partial charge in [-0.1, -0.05) is 20.8 Å². The Hall–Kier alpha value is -1.88. The van der Waals surface area contributed by atoms with Crippen molar-refractivity contribution >= 4 is 17.2 Å². The Morgan fingerprint density at radius 2 is 2.04 bits per heavy atom. The van der Waals surface area contributed by atoms with Gasteiger partial charge in [-0.2, -0.15) is 0 Å². The Bertz CT molecular complexity index is 731. The lowest BCUT2D eigenvalue weighted by molar-refractivity contribution is 0.0699. The number of benzene rings is 1. The third-order valence-corrected chi connectivity index (χ3v) is 5.44. The summed E-state index contributed by atoms with van der Waals surface area (Å²) in [6.07, 6.45) is 3.22. The van der Waals surface area contributed by atoms with Gasteiger partial charge in [-0.3, -0.25) is 4.79 Å². The van der Waals surface area contributed by atoms with Crippen molar-refractivity contribution in [3.63, 3.8) is 0 Å². The number of likely N-dealkylation sites (tertiary alicyclic amines) is 1. The maximum atomic E-state index is 12.9. The number of hydrogen-bond donors (Lipinski definition) is 0. The third kappa shape index (κ3) is 4.21. The summed E-state index contributed by atoms with van der Waals surface area (Å²) in [5, 5.41) is 2.76. The van der Waals surface area contributed by atoms with Gasteiger partial charge in [-0.05, 0) is 48.9 Å². The molecule has 1 aromatic heterocycles. The molecule has 4 nitrogen and oxygen atoms in total. The quantitative estimate of drug-likeness (QED) is 0.784. The zero-order valence-corrected chi connectivity index (χ0v) is 16.2. The first kappa shape index (κ1) is 17.9. The van der Waals surface area contributed by atoms with Gasteiger partial charge in [0.1, 0.15) is 16.5 Å². The van der Waals surface area contributed by atoms with Crippen LogP contribution in [0.2, 0.25) is 0 Å². The summed E-state index contributed by atoms with van der Waals surface area (Å²) in [5.74, 6) is 0.890. The van der Waals surface area contributed by atoms with Gasteiger partial charge in [0.25, 0.3) is 5.91 Å². The highest BCUT2D eigenvalue weighted by molar-refractivity contribution is 7.13. The van der Waals surface area contributed by atoms with Gasteiger partial charge in [0.2, 0.25) is 0 Å². The van der Waals surface area contributed by atoms with E-state index >= 15 is 0 Å². The van der Waals surface area contributed by atoms with Crippen LogP contribution in [0.15, 0.2) is 29.6 Å². The predicted octanol–water partition coefficient (Wildman–Crippen LogP) is 4.86. The number of ether oxygens (including phenoxy) is 1. The highest BCUT2D eigenvalue weighted by Gasteiger charge is 2.33. The van der Waals surface area contributed by atoms with E-state index in [0.717, 1.165) is 42.1 Å². The van der Waals surface area contributed by atoms with Gasteiger partial charge in [0.05, 0.1) is 7.11 Å². The molecule has 0 aliphatic carbocycles. The van der Waals surface area contributed by atoms with Gasteiger partial charge < -0.3 is 9.64 Å². The predicted molar refractivity (Wildman–Crippen MR) is 102 cm³/mol. The van der Waals surface area contributed by atoms with Crippen LogP contribution in [0, 0.1) is 5.41 Å². The molecule has 0 radical (unpaired) electrons. The summed E-state index contributed by atoms with van der Waals surface area (Å²) < 4.78 is 5.19. The topological polar surface area (TPSA) is 42.4 Å². The van der Waals surface area contributed by atoms with Gasteiger partial charge in [-0.25, -0.2) is 4.98 Å².